The minimum Gasteiger partial charge on any atom is -0.444 e. The van der Waals surface area contributed by atoms with Crippen LogP contribution in [0.15, 0.2) is 140 Å². The summed E-state index contributed by atoms with van der Waals surface area (Å²) in [5.74, 6) is 2.24. The van der Waals surface area contributed by atoms with Crippen LogP contribution in [0.3, 0.4) is 0 Å². The second-order valence-electron chi connectivity index (χ2n) is 21.3. The van der Waals surface area contributed by atoms with E-state index in [0.29, 0.717) is 38.0 Å². The third-order valence-electron chi connectivity index (χ3n) is 12.1. The van der Waals surface area contributed by atoms with E-state index in [1.165, 1.54) is 23.5 Å². The zero-order valence-electron chi connectivity index (χ0n) is 46.0. The average molecular weight is 1500 g/mol. The number of nitrogens with one attached hydrogen (secondary N) is 4. The standard InChI is InChI=1S/C23H25Br2N3O3S.C18H17Br2N3OS.C16H22BrN3O2S.ClH/c1-22(2,3)31-21(30)27-20-28-23(4,9-10-32-20)15-11-17(25)13-18(12-15)26-19(29)14-5-7-16(24)8-6-14;1-18(6-7-25-17(21)23-18)12-8-14(20)10-15(9-12)22-16(24)11-2-4-13(19)5-3-11;1-15(2,3)22-14(21)19-13-20-16(4,5-6-23-13)10-7-11(17)9-12(18)8-10;/h5-8,11-13H,9-10H2,1-4H3,(H,26,29)(H,27,28,30);2-5,8-10H,6-7H2,1H3,(H2,21,23)(H,22,24);7-9H,5-6,18H2,1-4H3,(H,19,20,21);1H. The number of amidine groups is 3. The highest BCUT2D eigenvalue weighted by atomic mass is 79.9. The van der Waals surface area contributed by atoms with Gasteiger partial charge in [-0.15, -0.1) is 12.4 Å². The van der Waals surface area contributed by atoms with Crippen LogP contribution in [0.25, 0.3) is 0 Å². The molecule has 0 saturated heterocycles. The molecule has 0 aromatic heterocycles. The Kier molecular flexibility index (Phi) is 24.4. The molecule has 81 heavy (non-hydrogen) atoms. The first kappa shape index (κ1) is 67.7. The number of ether oxygens (including phenoxy) is 2. The highest BCUT2D eigenvalue weighted by Crippen LogP contribution is 2.41. The van der Waals surface area contributed by atoms with Gasteiger partial charge in [-0.25, -0.2) is 9.59 Å². The molecule has 0 aliphatic carbocycles. The normalized spacial score (nSPS) is 19.6. The molecule has 434 valence electrons. The fourth-order valence-corrected chi connectivity index (χ4v) is 13.2. The zero-order chi connectivity index (χ0) is 58.8. The molecule has 0 saturated carbocycles. The molecule has 8 N–H and O–H groups in total. The number of nitrogens with two attached hydrogens (primary N) is 2. The van der Waals surface area contributed by atoms with Crippen LogP contribution in [0.1, 0.15) is 119 Å². The molecule has 3 heterocycles. The van der Waals surface area contributed by atoms with Crippen molar-refractivity contribution in [1.29, 1.82) is 0 Å². The molecule has 0 spiro atoms. The van der Waals surface area contributed by atoms with Crippen LogP contribution < -0.4 is 32.7 Å². The van der Waals surface area contributed by atoms with Gasteiger partial charge in [-0.1, -0.05) is 115 Å². The third-order valence-corrected chi connectivity index (χ3v) is 17.0. The lowest BCUT2D eigenvalue weighted by atomic mass is 9.89. The summed E-state index contributed by atoms with van der Waals surface area (Å²) in [5, 5.41) is 13.1. The fraction of sp³-hybridized carbons (Fsp3) is 0.351. The lowest BCUT2D eigenvalue weighted by Crippen LogP contribution is -2.38. The minimum absolute atomic E-state index is 0. The maximum Gasteiger partial charge on any atom is 0.413 e. The van der Waals surface area contributed by atoms with E-state index in [2.05, 4.69) is 113 Å². The summed E-state index contributed by atoms with van der Waals surface area (Å²) in [6.45, 7) is 17.1. The number of nitrogens with zero attached hydrogens (tertiary/aromatic N) is 3. The van der Waals surface area contributed by atoms with Crippen molar-refractivity contribution in [3.8, 4) is 0 Å². The molecular formula is C57H65Br5ClN9O6S3. The Morgan fingerprint density at radius 2 is 0.827 bits per heavy atom. The zero-order valence-corrected chi connectivity index (χ0v) is 57.2. The number of aliphatic imine (C=N–C) groups is 3. The number of carbonyl (C=O) groups is 4. The molecule has 4 amide bonds. The third kappa shape index (κ3) is 21.2. The number of amides is 4. The number of benzene rings is 5. The van der Waals surface area contributed by atoms with E-state index in [0.717, 1.165) is 81.3 Å². The summed E-state index contributed by atoms with van der Waals surface area (Å²) in [6.07, 6.45) is 1.54. The van der Waals surface area contributed by atoms with Crippen LogP contribution >= 0.6 is 127 Å². The Morgan fingerprint density at radius 3 is 1.19 bits per heavy atom. The monoisotopic (exact) mass is 1500 g/mol. The Balaban J connectivity index is 0.000000225. The molecule has 3 atom stereocenters. The number of halogens is 6. The van der Waals surface area contributed by atoms with E-state index < -0.39 is 34.5 Å². The van der Waals surface area contributed by atoms with Crippen molar-refractivity contribution in [2.75, 3.05) is 33.6 Å². The first-order chi connectivity index (χ1) is 37.4. The van der Waals surface area contributed by atoms with Gasteiger partial charge in [0.05, 0.1) is 16.6 Å². The van der Waals surface area contributed by atoms with Crippen LogP contribution in [0.4, 0.5) is 26.7 Å². The molecule has 3 aliphatic heterocycles. The van der Waals surface area contributed by atoms with Gasteiger partial charge in [0.15, 0.2) is 15.5 Å². The summed E-state index contributed by atoms with van der Waals surface area (Å²) in [6, 6.07) is 31.9. The predicted octanol–water partition coefficient (Wildman–Crippen LogP) is 16.5. The van der Waals surface area contributed by atoms with E-state index >= 15 is 0 Å². The van der Waals surface area contributed by atoms with E-state index in [1.807, 2.05) is 134 Å². The summed E-state index contributed by atoms with van der Waals surface area (Å²) in [5.41, 5.74) is 15.6. The van der Waals surface area contributed by atoms with Gasteiger partial charge >= 0.3 is 12.2 Å². The van der Waals surface area contributed by atoms with Gasteiger partial charge in [0.25, 0.3) is 11.8 Å². The van der Waals surface area contributed by atoms with Crippen molar-refractivity contribution >= 4 is 184 Å². The molecule has 3 aliphatic rings. The largest absolute Gasteiger partial charge is 0.444 e. The van der Waals surface area contributed by atoms with Crippen molar-refractivity contribution < 1.29 is 28.7 Å². The van der Waals surface area contributed by atoms with Crippen molar-refractivity contribution in [3.05, 3.63) is 153 Å². The summed E-state index contributed by atoms with van der Waals surface area (Å²) in [4.78, 5) is 63.4. The lowest BCUT2D eigenvalue weighted by Gasteiger charge is -2.31. The van der Waals surface area contributed by atoms with Gasteiger partial charge in [-0.3, -0.25) is 35.2 Å². The van der Waals surface area contributed by atoms with E-state index in [-0.39, 0.29) is 29.8 Å². The van der Waals surface area contributed by atoms with Crippen LogP contribution in [-0.2, 0) is 26.1 Å². The Morgan fingerprint density at radius 1 is 0.481 bits per heavy atom. The number of thioether (sulfide) groups is 3. The summed E-state index contributed by atoms with van der Waals surface area (Å²) in [7, 11) is 0. The molecule has 5 aromatic carbocycles. The molecule has 0 fully saturated rings. The summed E-state index contributed by atoms with van der Waals surface area (Å²) >= 11 is 21.9. The lowest BCUT2D eigenvalue weighted by molar-refractivity contribution is 0.0552. The van der Waals surface area contributed by atoms with Crippen molar-refractivity contribution in [3.63, 3.8) is 0 Å². The highest BCUT2D eigenvalue weighted by molar-refractivity contribution is 9.11. The smallest absolute Gasteiger partial charge is 0.413 e. The van der Waals surface area contributed by atoms with Gasteiger partial charge in [0, 0.05) is 67.8 Å². The Bertz CT molecular complexity index is 3180. The molecule has 0 bridgehead atoms. The molecule has 24 heteroatoms. The van der Waals surface area contributed by atoms with E-state index in [1.54, 1.807) is 36.0 Å². The average Bonchev–Trinajstić information content (AvgIpc) is 3.39. The topological polar surface area (TPSA) is 224 Å². The van der Waals surface area contributed by atoms with Crippen molar-refractivity contribution in [2.45, 2.75) is 109 Å². The number of nitrogen functional groups attached to an aromatic ring is 1. The van der Waals surface area contributed by atoms with Crippen LogP contribution in [-0.4, -0.2) is 68.0 Å². The molecule has 8 rings (SSSR count). The highest BCUT2D eigenvalue weighted by Gasteiger charge is 2.34. The number of carbonyl (C=O) groups excluding carboxylic acids is 4. The van der Waals surface area contributed by atoms with Crippen LogP contribution in [0.2, 0.25) is 0 Å². The maximum absolute atomic E-state index is 12.7. The van der Waals surface area contributed by atoms with Crippen LogP contribution in [0, 0.1) is 0 Å². The maximum atomic E-state index is 12.7. The van der Waals surface area contributed by atoms with E-state index in [9.17, 15) is 19.2 Å². The number of hydrogen-bond acceptors (Lipinski definition) is 14. The van der Waals surface area contributed by atoms with Gasteiger partial charge in [0.2, 0.25) is 0 Å². The molecule has 15 nitrogen and oxygen atoms in total. The number of hydrogen-bond donors (Lipinski definition) is 6. The van der Waals surface area contributed by atoms with Gasteiger partial charge in [-0.2, -0.15) is 0 Å². The summed E-state index contributed by atoms with van der Waals surface area (Å²) < 4.78 is 15.1. The van der Waals surface area contributed by atoms with Gasteiger partial charge < -0.3 is 31.6 Å². The Hall–Kier alpha value is -4.07. The fourth-order valence-electron chi connectivity index (χ4n) is 8.02. The second-order valence-corrected chi connectivity index (χ2v) is 29.2. The van der Waals surface area contributed by atoms with Gasteiger partial charge in [0.1, 0.15) is 11.2 Å². The van der Waals surface area contributed by atoms with Gasteiger partial charge in [-0.05, 0) is 201 Å². The molecule has 0 radical (unpaired) electrons. The second kappa shape index (κ2) is 29.2. The van der Waals surface area contributed by atoms with Crippen molar-refractivity contribution in [2.24, 2.45) is 20.7 Å². The predicted molar refractivity (Wildman–Crippen MR) is 357 cm³/mol. The quantitative estimate of drug-likeness (QED) is 0.0841. The number of anilines is 3. The first-order valence-electron chi connectivity index (χ1n) is 25.1. The SMILES string of the molecule is CC(C)(C)OC(=O)NC1=NC(C)(c2cc(Br)cc(NC(=O)c3ccc(Br)cc3)c2)CCS1.CC(C)(C)OC(=O)NC1=NC(C)(c2cc(N)cc(Br)c2)CCS1.CC1(c2cc(Br)cc(NC(=O)c3ccc(Br)cc3)c2)CCSC(N)=N1.Cl. The minimum atomic E-state index is -0.584. The van der Waals surface area contributed by atoms with E-state index in [4.69, 9.17) is 30.9 Å². The first-order valence-corrected chi connectivity index (χ1v) is 32.0. The van der Waals surface area contributed by atoms with Crippen LogP contribution in [0.5, 0.6) is 0 Å². The molecular weight excluding hydrogens is 1440 g/mol. The molecule has 3 unspecified atom stereocenters. The number of alkyl carbamates (subject to hydrolysis) is 2. The molecule has 5 aromatic rings. The van der Waals surface area contributed by atoms with Crippen molar-refractivity contribution in [1.82, 2.24) is 10.6 Å². The Labute approximate surface area is 535 Å². The number of rotatable bonds is 7.